The molecular formula is C18H21N5O. The quantitative estimate of drug-likeness (QED) is 0.701. The monoisotopic (exact) mass is 323 g/mol. The zero-order valence-corrected chi connectivity index (χ0v) is 14.1. The van der Waals surface area contributed by atoms with E-state index in [1.54, 1.807) is 0 Å². The van der Waals surface area contributed by atoms with Crippen LogP contribution in [0.15, 0.2) is 41.2 Å². The van der Waals surface area contributed by atoms with Crippen LogP contribution in [-0.4, -0.2) is 15.1 Å². The van der Waals surface area contributed by atoms with Crippen LogP contribution in [0.5, 0.6) is 0 Å². The topological polar surface area (TPSA) is 75.9 Å². The molecule has 0 atom stereocenters. The number of hydrogen-bond acceptors (Lipinski definition) is 6. The van der Waals surface area contributed by atoms with Crippen molar-refractivity contribution in [2.24, 2.45) is 0 Å². The number of aryl methyl sites for hydroxylation is 3. The number of hydrogen-bond donors (Lipinski definition) is 2. The molecule has 0 aliphatic heterocycles. The Labute approximate surface area is 141 Å². The van der Waals surface area contributed by atoms with Crippen molar-refractivity contribution in [3.05, 3.63) is 53.5 Å². The third-order valence-corrected chi connectivity index (χ3v) is 3.80. The summed E-state index contributed by atoms with van der Waals surface area (Å²) in [6.45, 7) is 6.15. The van der Waals surface area contributed by atoms with Gasteiger partial charge in [0.15, 0.2) is 5.82 Å². The van der Waals surface area contributed by atoms with Crippen LogP contribution in [0.25, 0.3) is 0 Å². The highest BCUT2D eigenvalue weighted by Gasteiger charge is 2.08. The smallest absolute Gasteiger partial charge is 0.175 e. The molecule has 3 aromatic rings. The van der Waals surface area contributed by atoms with E-state index in [-0.39, 0.29) is 0 Å². The number of aromatic nitrogens is 3. The Morgan fingerprint density at radius 3 is 2.17 bits per heavy atom. The van der Waals surface area contributed by atoms with Gasteiger partial charge in [0, 0.05) is 17.8 Å². The number of anilines is 4. The largest absolute Gasteiger partial charge is 0.360 e. The van der Waals surface area contributed by atoms with Crippen LogP contribution < -0.4 is 10.6 Å². The molecule has 6 heteroatoms. The molecule has 0 radical (unpaired) electrons. The highest BCUT2D eigenvalue weighted by atomic mass is 16.5. The molecule has 1 aromatic carbocycles. The molecule has 0 unspecified atom stereocenters. The summed E-state index contributed by atoms with van der Waals surface area (Å²) in [7, 11) is 0. The fourth-order valence-electron chi connectivity index (χ4n) is 2.58. The molecule has 124 valence electrons. The lowest BCUT2D eigenvalue weighted by Gasteiger charge is -2.15. The third-order valence-electron chi connectivity index (χ3n) is 3.80. The van der Waals surface area contributed by atoms with Gasteiger partial charge in [-0.15, -0.1) is 0 Å². The lowest BCUT2D eigenvalue weighted by Crippen LogP contribution is -2.03. The molecule has 24 heavy (non-hydrogen) atoms. The summed E-state index contributed by atoms with van der Waals surface area (Å²) in [5.41, 5.74) is 3.67. The molecule has 0 saturated heterocycles. The van der Waals surface area contributed by atoms with Gasteiger partial charge in [0.1, 0.15) is 23.7 Å². The van der Waals surface area contributed by atoms with Crippen LogP contribution in [0.2, 0.25) is 0 Å². The van der Waals surface area contributed by atoms with Gasteiger partial charge in [0.05, 0.1) is 0 Å². The molecule has 0 spiro atoms. The Kier molecular flexibility index (Phi) is 4.74. The van der Waals surface area contributed by atoms with Gasteiger partial charge in [0.25, 0.3) is 0 Å². The molecule has 0 amide bonds. The SMILES string of the molecule is CCc1cccc(CC)c1Nc1cc(Nc2cc(C)on2)ncn1. The van der Waals surface area contributed by atoms with Crippen molar-refractivity contribution in [3.8, 4) is 0 Å². The summed E-state index contributed by atoms with van der Waals surface area (Å²) < 4.78 is 5.05. The van der Waals surface area contributed by atoms with Gasteiger partial charge < -0.3 is 15.2 Å². The second kappa shape index (κ2) is 7.12. The molecule has 2 N–H and O–H groups in total. The van der Waals surface area contributed by atoms with Crippen LogP contribution >= 0.6 is 0 Å². The van der Waals surface area contributed by atoms with Crippen LogP contribution in [-0.2, 0) is 12.8 Å². The summed E-state index contributed by atoms with van der Waals surface area (Å²) in [6.07, 6.45) is 3.45. The van der Waals surface area contributed by atoms with E-state index in [0.717, 1.165) is 30.1 Å². The summed E-state index contributed by atoms with van der Waals surface area (Å²) in [4.78, 5) is 8.55. The Bertz CT molecular complexity index is 806. The van der Waals surface area contributed by atoms with Gasteiger partial charge in [0.2, 0.25) is 0 Å². The first kappa shape index (κ1) is 16.0. The summed E-state index contributed by atoms with van der Waals surface area (Å²) >= 11 is 0. The van der Waals surface area contributed by atoms with Crippen molar-refractivity contribution in [2.45, 2.75) is 33.6 Å². The van der Waals surface area contributed by atoms with E-state index in [9.17, 15) is 0 Å². The Balaban J connectivity index is 1.85. The standard InChI is InChI=1S/C18H21N5O/c1-4-13-7-6-8-14(5-2)18(13)22-16-10-15(19-11-20-16)21-17-9-12(3)24-23-17/h6-11H,4-5H2,1-3H3,(H2,19,20,21,22,23). The van der Waals surface area contributed by atoms with Gasteiger partial charge in [-0.1, -0.05) is 37.2 Å². The predicted molar refractivity (Wildman–Crippen MR) is 95.0 cm³/mol. The molecule has 6 nitrogen and oxygen atoms in total. The zero-order chi connectivity index (χ0) is 16.9. The Hall–Kier alpha value is -2.89. The van der Waals surface area contributed by atoms with E-state index in [1.165, 1.54) is 17.5 Å². The fourth-order valence-corrected chi connectivity index (χ4v) is 2.58. The second-order valence-corrected chi connectivity index (χ2v) is 5.52. The van der Waals surface area contributed by atoms with Gasteiger partial charge in [-0.3, -0.25) is 0 Å². The normalized spacial score (nSPS) is 10.6. The number of benzene rings is 1. The van der Waals surface area contributed by atoms with E-state index < -0.39 is 0 Å². The highest BCUT2D eigenvalue weighted by Crippen LogP contribution is 2.26. The summed E-state index contributed by atoms with van der Waals surface area (Å²) in [5.74, 6) is 2.77. The molecule has 2 heterocycles. The summed E-state index contributed by atoms with van der Waals surface area (Å²) in [6, 6.07) is 10.1. The van der Waals surface area contributed by atoms with Crippen molar-refractivity contribution in [1.82, 2.24) is 15.1 Å². The van der Waals surface area contributed by atoms with Crippen molar-refractivity contribution in [3.63, 3.8) is 0 Å². The maximum Gasteiger partial charge on any atom is 0.175 e. The van der Waals surface area contributed by atoms with Crippen molar-refractivity contribution in [2.75, 3.05) is 10.6 Å². The minimum atomic E-state index is 0.625. The maximum absolute atomic E-state index is 5.05. The van der Waals surface area contributed by atoms with Gasteiger partial charge in [-0.2, -0.15) is 0 Å². The molecule has 2 aromatic heterocycles. The lowest BCUT2D eigenvalue weighted by molar-refractivity contribution is 0.400. The van der Waals surface area contributed by atoms with E-state index in [1.807, 2.05) is 19.1 Å². The number of nitrogens with zero attached hydrogens (tertiary/aromatic N) is 3. The molecule has 0 fully saturated rings. The van der Waals surface area contributed by atoms with E-state index in [2.05, 4.69) is 57.8 Å². The van der Waals surface area contributed by atoms with Crippen molar-refractivity contribution >= 4 is 23.1 Å². The minimum Gasteiger partial charge on any atom is -0.360 e. The molecule has 3 rings (SSSR count). The first-order valence-electron chi connectivity index (χ1n) is 8.09. The first-order chi connectivity index (χ1) is 11.7. The van der Waals surface area contributed by atoms with E-state index >= 15 is 0 Å². The predicted octanol–water partition coefficient (Wildman–Crippen LogP) is 4.39. The lowest BCUT2D eigenvalue weighted by atomic mass is 10.0. The molecule has 0 aliphatic rings. The number of rotatable bonds is 6. The molecule has 0 saturated carbocycles. The average molecular weight is 323 g/mol. The zero-order valence-electron chi connectivity index (χ0n) is 14.1. The minimum absolute atomic E-state index is 0.625. The van der Waals surface area contributed by atoms with Gasteiger partial charge in [-0.05, 0) is 30.9 Å². The van der Waals surface area contributed by atoms with Gasteiger partial charge in [-0.25, -0.2) is 9.97 Å². The summed E-state index contributed by atoms with van der Waals surface area (Å²) in [5, 5.41) is 10.5. The third kappa shape index (κ3) is 3.53. The molecule has 0 bridgehead atoms. The van der Waals surface area contributed by atoms with Crippen molar-refractivity contribution < 1.29 is 4.52 Å². The van der Waals surface area contributed by atoms with Crippen LogP contribution in [0.3, 0.4) is 0 Å². The van der Waals surface area contributed by atoms with Crippen LogP contribution in [0, 0.1) is 6.92 Å². The fraction of sp³-hybridized carbons (Fsp3) is 0.278. The van der Waals surface area contributed by atoms with Crippen LogP contribution in [0.4, 0.5) is 23.1 Å². The second-order valence-electron chi connectivity index (χ2n) is 5.52. The highest BCUT2D eigenvalue weighted by molar-refractivity contribution is 5.67. The molecule has 0 aliphatic carbocycles. The van der Waals surface area contributed by atoms with E-state index in [4.69, 9.17) is 4.52 Å². The first-order valence-corrected chi connectivity index (χ1v) is 8.09. The average Bonchev–Trinajstić information content (AvgIpc) is 3.00. The van der Waals surface area contributed by atoms with Gasteiger partial charge >= 0.3 is 0 Å². The maximum atomic E-state index is 5.05. The number of nitrogens with one attached hydrogen (secondary N) is 2. The van der Waals surface area contributed by atoms with Crippen molar-refractivity contribution in [1.29, 1.82) is 0 Å². The Morgan fingerprint density at radius 2 is 1.58 bits per heavy atom. The van der Waals surface area contributed by atoms with E-state index in [0.29, 0.717) is 11.6 Å². The molecular weight excluding hydrogens is 302 g/mol. The number of para-hydroxylation sites is 1. The Morgan fingerprint density at radius 1 is 0.917 bits per heavy atom. The van der Waals surface area contributed by atoms with Crippen LogP contribution in [0.1, 0.15) is 30.7 Å².